The van der Waals surface area contributed by atoms with Gasteiger partial charge in [-0.3, -0.25) is 9.78 Å². The summed E-state index contributed by atoms with van der Waals surface area (Å²) in [5.41, 5.74) is 1.37. The van der Waals surface area contributed by atoms with Crippen LogP contribution in [0.25, 0.3) is 11.2 Å². The van der Waals surface area contributed by atoms with Gasteiger partial charge < -0.3 is 12.4 Å². The van der Waals surface area contributed by atoms with Crippen molar-refractivity contribution in [2.75, 3.05) is 0 Å². The Bertz CT molecular complexity index is 439. The molecular weight excluding hydrogens is 192 g/mol. The second-order valence-corrected chi connectivity index (χ2v) is 2.42. The fourth-order valence-electron chi connectivity index (χ4n) is 1.05. The summed E-state index contributed by atoms with van der Waals surface area (Å²) in [5, 5.41) is 0. The first-order valence-electron chi connectivity index (χ1n) is 3.49. The van der Waals surface area contributed by atoms with Gasteiger partial charge in [0.1, 0.15) is 0 Å². The molecule has 2 rings (SSSR count). The van der Waals surface area contributed by atoms with Gasteiger partial charge in [0, 0.05) is 6.92 Å². The average molecular weight is 199 g/mol. The molecule has 0 unspecified atom stereocenters. The number of nitrogens with one attached hydrogen (secondary N) is 1. The van der Waals surface area contributed by atoms with Crippen LogP contribution in [0, 0.1) is 0 Å². The molecule has 0 aromatic carbocycles. The molecular formula is C7H7ClN4O. The molecule has 0 aliphatic heterocycles. The van der Waals surface area contributed by atoms with Crippen molar-refractivity contribution >= 4 is 17.1 Å². The van der Waals surface area contributed by atoms with Crippen LogP contribution in [0.3, 0.4) is 0 Å². The Labute approximate surface area is 80.2 Å². The van der Waals surface area contributed by atoms with Gasteiger partial charge in [-0.1, -0.05) is 4.98 Å². The largest absolute Gasteiger partial charge is 1.00 e. The molecule has 0 saturated heterocycles. The Kier molecular flexibility index (Phi) is 2.57. The standard InChI is InChI=1S/C7H6N4O.ClH/c1-5(12)11-4-10-6-2-8-3-9-7(6)11;/h2-4H,1H3;1H. The number of carbonyl (C=O) groups is 1. The van der Waals surface area contributed by atoms with Crippen molar-refractivity contribution in [3.63, 3.8) is 0 Å². The Balaban J connectivity index is 0.000000845. The highest BCUT2D eigenvalue weighted by Crippen LogP contribution is 1.98. The summed E-state index contributed by atoms with van der Waals surface area (Å²) in [7, 11) is 0. The number of halogens is 1. The molecule has 13 heavy (non-hydrogen) atoms. The quantitative estimate of drug-likeness (QED) is 0.457. The van der Waals surface area contributed by atoms with Gasteiger partial charge in [-0.2, -0.15) is 4.57 Å². The zero-order chi connectivity index (χ0) is 8.55. The Morgan fingerprint density at radius 2 is 2.38 bits per heavy atom. The molecule has 2 aromatic rings. The van der Waals surface area contributed by atoms with Gasteiger partial charge in [0.25, 0.3) is 5.91 Å². The predicted octanol–water partition coefficient (Wildman–Crippen LogP) is -3.09. The lowest BCUT2D eigenvalue weighted by atomic mass is 10.5. The van der Waals surface area contributed by atoms with Crippen molar-refractivity contribution in [1.29, 1.82) is 0 Å². The minimum Gasteiger partial charge on any atom is -1.00 e. The van der Waals surface area contributed by atoms with Gasteiger partial charge in [0.2, 0.25) is 0 Å². The van der Waals surface area contributed by atoms with Crippen molar-refractivity contribution in [2.45, 2.75) is 6.92 Å². The second-order valence-electron chi connectivity index (χ2n) is 2.42. The number of hydrogen-bond acceptors (Lipinski definition) is 3. The van der Waals surface area contributed by atoms with Crippen molar-refractivity contribution < 1.29 is 21.8 Å². The molecule has 6 heteroatoms. The summed E-state index contributed by atoms with van der Waals surface area (Å²) in [6.07, 6.45) is 4.61. The zero-order valence-electron chi connectivity index (χ0n) is 6.86. The smallest absolute Gasteiger partial charge is 0.312 e. The summed E-state index contributed by atoms with van der Waals surface area (Å²) in [5.74, 6) is -0.0695. The number of nitrogens with zero attached hydrogens (tertiary/aromatic N) is 3. The van der Waals surface area contributed by atoms with E-state index in [1.54, 1.807) is 12.5 Å². The van der Waals surface area contributed by atoms with Crippen LogP contribution in [-0.4, -0.2) is 20.9 Å². The van der Waals surface area contributed by atoms with Crippen molar-refractivity contribution in [1.82, 2.24) is 15.0 Å². The van der Waals surface area contributed by atoms with Crippen LogP contribution >= 0.6 is 0 Å². The minimum atomic E-state index is -0.0695. The predicted molar refractivity (Wildman–Crippen MR) is 40.4 cm³/mol. The topological polar surface area (TPSA) is 62.5 Å². The summed E-state index contributed by atoms with van der Waals surface area (Å²) < 4.78 is 1.44. The maximum atomic E-state index is 11.0. The van der Waals surface area contributed by atoms with Crippen LogP contribution in [-0.2, 0) is 0 Å². The van der Waals surface area contributed by atoms with Gasteiger partial charge in [0.15, 0.2) is 18.2 Å². The lowest BCUT2D eigenvalue weighted by molar-refractivity contribution is -0.546. The molecule has 5 nitrogen and oxygen atoms in total. The maximum Gasteiger partial charge on any atom is 0.312 e. The van der Waals surface area contributed by atoms with Crippen LogP contribution in [0.5, 0.6) is 0 Å². The first kappa shape index (κ1) is 9.60. The molecule has 68 valence electrons. The van der Waals surface area contributed by atoms with E-state index in [4.69, 9.17) is 0 Å². The van der Waals surface area contributed by atoms with Crippen molar-refractivity contribution in [3.8, 4) is 0 Å². The van der Waals surface area contributed by atoms with Crippen molar-refractivity contribution in [2.24, 2.45) is 0 Å². The molecule has 0 atom stereocenters. The van der Waals surface area contributed by atoms with Gasteiger partial charge >= 0.3 is 5.65 Å². The number of hydrogen-bond donors (Lipinski definition) is 1. The highest BCUT2D eigenvalue weighted by Gasteiger charge is 2.13. The Morgan fingerprint density at radius 3 is 3.08 bits per heavy atom. The number of imidazole rings is 1. The van der Waals surface area contributed by atoms with E-state index in [0.717, 1.165) is 5.52 Å². The Hall–Kier alpha value is -1.49. The lowest BCUT2D eigenvalue weighted by Gasteiger charge is -1.85. The highest BCUT2D eigenvalue weighted by molar-refractivity contribution is 5.72. The molecule has 0 saturated carbocycles. The molecule has 0 fully saturated rings. The summed E-state index contributed by atoms with van der Waals surface area (Å²) in [6, 6.07) is 0. The summed E-state index contributed by atoms with van der Waals surface area (Å²) in [6.45, 7) is 1.48. The van der Waals surface area contributed by atoms with E-state index >= 15 is 0 Å². The third-order valence-electron chi connectivity index (χ3n) is 1.61. The fourth-order valence-corrected chi connectivity index (χ4v) is 1.05. The molecule has 0 aliphatic rings. The van der Waals surface area contributed by atoms with E-state index in [1.165, 1.54) is 17.8 Å². The first-order valence-corrected chi connectivity index (χ1v) is 3.49. The number of rotatable bonds is 0. The molecule has 0 radical (unpaired) electrons. The van der Waals surface area contributed by atoms with Crippen LogP contribution in [0.1, 0.15) is 11.7 Å². The number of aromatic amines is 1. The van der Waals surface area contributed by atoms with Gasteiger partial charge in [-0.15, -0.1) is 0 Å². The first-order chi connectivity index (χ1) is 5.79. The van der Waals surface area contributed by atoms with Crippen molar-refractivity contribution in [3.05, 3.63) is 18.9 Å². The molecule has 2 heterocycles. The third kappa shape index (κ3) is 1.50. The summed E-state index contributed by atoms with van der Waals surface area (Å²) in [4.78, 5) is 21.7. The molecule has 0 spiro atoms. The zero-order valence-corrected chi connectivity index (χ0v) is 7.62. The van der Waals surface area contributed by atoms with Gasteiger partial charge in [-0.05, 0) is 0 Å². The van der Waals surface area contributed by atoms with E-state index in [2.05, 4.69) is 15.0 Å². The fraction of sp³-hybridized carbons (Fsp3) is 0.143. The van der Waals surface area contributed by atoms with E-state index in [0.29, 0.717) is 5.65 Å². The number of H-pyrrole nitrogens is 1. The molecule has 0 bridgehead atoms. The van der Waals surface area contributed by atoms with Crippen LogP contribution in [0.2, 0.25) is 0 Å². The average Bonchev–Trinajstić information content (AvgIpc) is 2.47. The number of carbonyl (C=O) groups excluding carboxylic acids is 1. The highest BCUT2D eigenvalue weighted by atomic mass is 35.5. The van der Waals surface area contributed by atoms with Crippen LogP contribution in [0.15, 0.2) is 18.9 Å². The lowest BCUT2D eigenvalue weighted by Crippen LogP contribution is -3.00. The Morgan fingerprint density at radius 1 is 1.62 bits per heavy atom. The SMILES string of the molecule is CC(=O)[n+]1c[nH]c2cncnc21.[Cl-]. The van der Waals surface area contributed by atoms with Gasteiger partial charge in [-0.25, -0.2) is 4.98 Å². The third-order valence-corrected chi connectivity index (χ3v) is 1.61. The van der Waals surface area contributed by atoms with E-state index < -0.39 is 0 Å². The second kappa shape index (κ2) is 3.49. The van der Waals surface area contributed by atoms with E-state index in [1.807, 2.05) is 0 Å². The maximum absolute atomic E-state index is 11.0. The normalized spacial score (nSPS) is 9.62. The molecule has 0 amide bonds. The summed E-state index contributed by atoms with van der Waals surface area (Å²) >= 11 is 0. The minimum absolute atomic E-state index is 0. The van der Waals surface area contributed by atoms with E-state index in [-0.39, 0.29) is 18.3 Å². The van der Waals surface area contributed by atoms with Crippen LogP contribution in [0.4, 0.5) is 0 Å². The van der Waals surface area contributed by atoms with E-state index in [9.17, 15) is 4.79 Å². The molecule has 0 aliphatic carbocycles. The number of fused-ring (bicyclic) bond motifs is 1. The molecule has 2 aromatic heterocycles. The molecule has 1 N–H and O–H groups in total. The monoisotopic (exact) mass is 198 g/mol. The van der Waals surface area contributed by atoms with Gasteiger partial charge in [0.05, 0.1) is 6.20 Å². The number of aromatic nitrogens is 4. The van der Waals surface area contributed by atoms with Crippen LogP contribution < -0.4 is 17.0 Å².